The smallest absolute Gasteiger partial charge is 0.00576 e. The molecule has 0 heteroatoms. The van der Waals surface area contributed by atoms with Crippen molar-refractivity contribution in [3.05, 3.63) is 53.1 Å². The van der Waals surface area contributed by atoms with Crippen molar-refractivity contribution < 1.29 is 0 Å². The molecule has 2 aromatic rings. The fourth-order valence-corrected chi connectivity index (χ4v) is 3.12. The van der Waals surface area contributed by atoms with E-state index in [2.05, 4.69) is 50.2 Å². The molecule has 0 aromatic heterocycles. The van der Waals surface area contributed by atoms with Crippen LogP contribution in [0.1, 0.15) is 44.2 Å². The van der Waals surface area contributed by atoms with Gasteiger partial charge >= 0.3 is 0 Å². The second kappa shape index (κ2) is 4.61. The van der Waals surface area contributed by atoms with Crippen molar-refractivity contribution in [3.8, 4) is 0 Å². The largest absolute Gasteiger partial charge is 0.0654 e. The molecule has 1 aliphatic rings. The maximum Gasteiger partial charge on any atom is -0.00576 e. The Balaban J connectivity index is 2.17. The van der Waals surface area contributed by atoms with Gasteiger partial charge in [-0.2, -0.15) is 0 Å². The fraction of sp³-hybridized carbons (Fsp3) is 0.333. The van der Waals surface area contributed by atoms with Crippen molar-refractivity contribution in [3.63, 3.8) is 0 Å². The summed E-state index contributed by atoms with van der Waals surface area (Å²) in [6.45, 7) is 4.58. The van der Waals surface area contributed by atoms with E-state index in [1.165, 1.54) is 35.6 Å². The summed E-state index contributed by atoms with van der Waals surface area (Å²) in [5, 5.41) is 2.82. The van der Waals surface area contributed by atoms with Crippen LogP contribution in [0.15, 0.2) is 42.0 Å². The van der Waals surface area contributed by atoms with Crippen LogP contribution in [0, 0.1) is 0 Å². The predicted molar refractivity (Wildman–Crippen MR) is 79.8 cm³/mol. The molecule has 0 atom stereocenters. The Labute approximate surface area is 109 Å². The van der Waals surface area contributed by atoms with Gasteiger partial charge in [-0.05, 0) is 53.7 Å². The second-order valence-corrected chi connectivity index (χ2v) is 5.36. The van der Waals surface area contributed by atoms with Crippen LogP contribution >= 0.6 is 0 Å². The number of allylic oxidation sites excluding steroid dienone is 2. The Bertz CT molecular complexity index is 617. The first-order valence-electron chi connectivity index (χ1n) is 7.01. The van der Waals surface area contributed by atoms with Gasteiger partial charge in [0.25, 0.3) is 0 Å². The van der Waals surface area contributed by atoms with Crippen LogP contribution in [0.25, 0.3) is 16.3 Å². The van der Waals surface area contributed by atoms with Crippen LogP contribution in [0.3, 0.4) is 0 Å². The predicted octanol–water partition coefficient (Wildman–Crippen LogP) is 5.36. The zero-order valence-electron chi connectivity index (χ0n) is 11.3. The highest BCUT2D eigenvalue weighted by molar-refractivity contribution is 5.97. The molecule has 0 unspecified atom stereocenters. The Morgan fingerprint density at radius 1 is 1.06 bits per heavy atom. The van der Waals surface area contributed by atoms with Crippen LogP contribution in [0.5, 0.6) is 0 Å². The Hall–Kier alpha value is -1.56. The molecule has 0 amide bonds. The van der Waals surface area contributed by atoms with Crippen LogP contribution < -0.4 is 0 Å². The molecule has 0 nitrogen and oxygen atoms in total. The summed E-state index contributed by atoms with van der Waals surface area (Å²) in [4.78, 5) is 0. The lowest BCUT2D eigenvalue weighted by Crippen LogP contribution is -1.88. The zero-order valence-corrected chi connectivity index (χ0v) is 11.3. The van der Waals surface area contributed by atoms with Crippen molar-refractivity contribution in [1.82, 2.24) is 0 Å². The number of benzene rings is 2. The molecule has 18 heavy (non-hydrogen) atoms. The molecule has 0 fully saturated rings. The highest BCUT2D eigenvalue weighted by Crippen LogP contribution is 2.40. The molecule has 0 saturated heterocycles. The first-order chi connectivity index (χ1) is 8.81. The van der Waals surface area contributed by atoms with Gasteiger partial charge in [0, 0.05) is 0 Å². The minimum Gasteiger partial charge on any atom is -0.0654 e. The molecule has 0 radical (unpaired) electrons. The van der Waals surface area contributed by atoms with E-state index in [4.69, 9.17) is 0 Å². The van der Waals surface area contributed by atoms with Gasteiger partial charge in [-0.1, -0.05) is 55.3 Å². The summed E-state index contributed by atoms with van der Waals surface area (Å²) in [5.41, 5.74) is 6.26. The molecule has 0 bridgehead atoms. The van der Waals surface area contributed by atoms with Gasteiger partial charge in [-0.3, -0.25) is 0 Å². The Morgan fingerprint density at radius 3 is 2.72 bits per heavy atom. The number of hydrogen-bond donors (Lipinski definition) is 0. The topological polar surface area (TPSA) is 0 Å². The lowest BCUT2D eigenvalue weighted by atomic mass is 9.94. The maximum atomic E-state index is 2.32. The van der Waals surface area contributed by atoms with E-state index in [0.717, 1.165) is 6.42 Å². The Kier molecular flexibility index (Phi) is 2.95. The van der Waals surface area contributed by atoms with E-state index in [0.29, 0.717) is 0 Å². The lowest BCUT2D eigenvalue weighted by Gasteiger charge is -2.10. The van der Waals surface area contributed by atoms with Gasteiger partial charge in [-0.15, -0.1) is 0 Å². The summed E-state index contributed by atoms with van der Waals surface area (Å²) in [6.07, 6.45) is 4.97. The van der Waals surface area contributed by atoms with Crippen molar-refractivity contribution >= 4 is 16.3 Å². The zero-order chi connectivity index (χ0) is 12.5. The number of fused-ring (bicyclic) bond motifs is 3. The van der Waals surface area contributed by atoms with Gasteiger partial charge in [0.2, 0.25) is 0 Å². The van der Waals surface area contributed by atoms with Crippen molar-refractivity contribution in [2.75, 3.05) is 0 Å². The van der Waals surface area contributed by atoms with Crippen LogP contribution in [0.4, 0.5) is 0 Å². The monoisotopic (exact) mass is 236 g/mol. The standard InChI is InChI=1S/C18H20/c1-3-4-8-16-13(2)12-15-11-10-14-7-5-6-9-17(14)18(15)16/h5-7,9-11H,3-4,8,12H2,1-2H3. The number of rotatable bonds is 3. The summed E-state index contributed by atoms with van der Waals surface area (Å²) in [7, 11) is 0. The number of unbranched alkanes of at least 4 members (excludes halogenated alkanes) is 1. The average Bonchev–Trinajstić information content (AvgIpc) is 2.72. The molecule has 2 aromatic carbocycles. The Morgan fingerprint density at radius 2 is 1.89 bits per heavy atom. The van der Waals surface area contributed by atoms with Crippen LogP contribution in [-0.2, 0) is 6.42 Å². The third kappa shape index (κ3) is 1.77. The summed E-state index contributed by atoms with van der Waals surface area (Å²) < 4.78 is 0. The van der Waals surface area contributed by atoms with Crippen molar-refractivity contribution in [2.45, 2.75) is 39.5 Å². The number of hydrogen-bond acceptors (Lipinski definition) is 0. The van der Waals surface area contributed by atoms with Gasteiger partial charge in [0.15, 0.2) is 0 Å². The van der Waals surface area contributed by atoms with E-state index in [1.54, 1.807) is 16.7 Å². The second-order valence-electron chi connectivity index (χ2n) is 5.36. The normalized spacial score (nSPS) is 14.3. The molecule has 0 saturated carbocycles. The molecular formula is C18H20. The molecule has 0 N–H and O–H groups in total. The van der Waals surface area contributed by atoms with Gasteiger partial charge in [0.1, 0.15) is 0 Å². The summed E-state index contributed by atoms with van der Waals surface area (Å²) >= 11 is 0. The van der Waals surface area contributed by atoms with Crippen LogP contribution in [0.2, 0.25) is 0 Å². The third-order valence-corrected chi connectivity index (χ3v) is 4.07. The molecular weight excluding hydrogens is 216 g/mol. The molecule has 0 aliphatic heterocycles. The summed E-state index contributed by atoms with van der Waals surface area (Å²) in [5.74, 6) is 0. The minimum atomic E-state index is 1.15. The van der Waals surface area contributed by atoms with Crippen molar-refractivity contribution in [1.29, 1.82) is 0 Å². The van der Waals surface area contributed by atoms with E-state index in [1.807, 2.05) is 0 Å². The highest BCUT2D eigenvalue weighted by Gasteiger charge is 2.20. The van der Waals surface area contributed by atoms with E-state index >= 15 is 0 Å². The fourth-order valence-electron chi connectivity index (χ4n) is 3.12. The SMILES string of the molecule is CCCCC1=C(C)Cc2ccc3ccccc3c21. The quantitative estimate of drug-likeness (QED) is 0.673. The van der Waals surface area contributed by atoms with E-state index < -0.39 is 0 Å². The van der Waals surface area contributed by atoms with Gasteiger partial charge in [-0.25, -0.2) is 0 Å². The first kappa shape index (κ1) is 11.5. The third-order valence-electron chi connectivity index (χ3n) is 4.07. The molecule has 1 aliphatic carbocycles. The van der Waals surface area contributed by atoms with Gasteiger partial charge in [0.05, 0.1) is 0 Å². The maximum absolute atomic E-state index is 2.32. The highest BCUT2D eigenvalue weighted by atomic mass is 14.2. The minimum absolute atomic E-state index is 1.15. The van der Waals surface area contributed by atoms with E-state index in [-0.39, 0.29) is 0 Å². The molecule has 3 rings (SSSR count). The van der Waals surface area contributed by atoms with E-state index in [9.17, 15) is 0 Å². The lowest BCUT2D eigenvalue weighted by molar-refractivity contribution is 0.823. The van der Waals surface area contributed by atoms with Crippen LogP contribution in [-0.4, -0.2) is 0 Å². The first-order valence-corrected chi connectivity index (χ1v) is 7.01. The van der Waals surface area contributed by atoms with Gasteiger partial charge < -0.3 is 0 Å². The van der Waals surface area contributed by atoms with Crippen molar-refractivity contribution in [2.24, 2.45) is 0 Å². The molecule has 0 spiro atoms. The molecule has 92 valence electrons. The average molecular weight is 236 g/mol. The molecule has 0 heterocycles. The summed E-state index contributed by atoms with van der Waals surface area (Å²) in [6, 6.07) is 13.4.